The molecule has 0 aliphatic rings. The van der Waals surface area contributed by atoms with E-state index in [-0.39, 0.29) is 18.4 Å². The minimum Gasteiger partial charge on any atom is -0.377 e. The van der Waals surface area contributed by atoms with Gasteiger partial charge in [-0.2, -0.15) is 0 Å². The number of terminal acetylenes is 1. The number of carbonyl (C=O) groups is 1. The fraction of sp³-hybridized carbons (Fsp3) is 0.700. The van der Waals surface area contributed by atoms with Gasteiger partial charge >= 0.3 is 0 Å². The number of carbonyl (C=O) groups excluding carboxylic acids is 1. The molecular formula is C10H18N2O2. The van der Waals surface area contributed by atoms with E-state index >= 15 is 0 Å². The van der Waals surface area contributed by atoms with Crippen LogP contribution in [0.4, 0.5) is 0 Å². The van der Waals surface area contributed by atoms with Crippen LogP contribution in [0.2, 0.25) is 0 Å². The number of ether oxygens (including phenoxy) is 1. The van der Waals surface area contributed by atoms with E-state index in [1.807, 2.05) is 13.8 Å². The predicted molar refractivity (Wildman–Crippen MR) is 55.5 cm³/mol. The zero-order chi connectivity index (χ0) is 11.0. The van der Waals surface area contributed by atoms with Crippen molar-refractivity contribution in [1.29, 1.82) is 0 Å². The van der Waals surface area contributed by atoms with Crippen molar-refractivity contribution in [2.45, 2.75) is 32.4 Å². The maximum Gasteiger partial charge on any atom is 0.237 e. The Morgan fingerprint density at radius 2 is 2.36 bits per heavy atom. The summed E-state index contributed by atoms with van der Waals surface area (Å²) in [5.74, 6) is 2.12. The third kappa shape index (κ3) is 5.57. The van der Waals surface area contributed by atoms with Gasteiger partial charge in [0.05, 0.1) is 12.1 Å². The lowest BCUT2D eigenvalue weighted by molar-refractivity contribution is -0.122. The summed E-state index contributed by atoms with van der Waals surface area (Å²) in [6.07, 6.45) is 5.30. The van der Waals surface area contributed by atoms with Crippen LogP contribution in [0.25, 0.3) is 0 Å². The highest BCUT2D eigenvalue weighted by atomic mass is 16.5. The Morgan fingerprint density at radius 3 is 2.86 bits per heavy atom. The van der Waals surface area contributed by atoms with Crippen molar-refractivity contribution in [2.75, 3.05) is 13.2 Å². The molecule has 4 nitrogen and oxygen atoms in total. The Bertz CT molecular complexity index is 211. The van der Waals surface area contributed by atoms with Crippen LogP contribution in [-0.4, -0.2) is 31.2 Å². The lowest BCUT2D eigenvalue weighted by Crippen LogP contribution is -2.43. The van der Waals surface area contributed by atoms with Gasteiger partial charge in [-0.25, -0.2) is 0 Å². The molecule has 80 valence electrons. The average molecular weight is 198 g/mol. The molecule has 2 unspecified atom stereocenters. The van der Waals surface area contributed by atoms with Gasteiger partial charge in [-0.1, -0.05) is 0 Å². The normalized spacial score (nSPS) is 14.1. The summed E-state index contributed by atoms with van der Waals surface area (Å²) in [5.41, 5.74) is 5.49. The number of hydrogen-bond donors (Lipinski definition) is 2. The fourth-order valence-corrected chi connectivity index (χ4v) is 0.939. The topological polar surface area (TPSA) is 64.4 Å². The van der Waals surface area contributed by atoms with Crippen molar-refractivity contribution in [3.63, 3.8) is 0 Å². The summed E-state index contributed by atoms with van der Waals surface area (Å²) in [7, 11) is 0. The van der Waals surface area contributed by atoms with Crippen molar-refractivity contribution in [3.8, 4) is 12.3 Å². The molecule has 0 radical (unpaired) electrons. The van der Waals surface area contributed by atoms with Crippen molar-refractivity contribution < 1.29 is 9.53 Å². The minimum atomic E-state index is -0.617. The highest BCUT2D eigenvalue weighted by molar-refractivity contribution is 5.81. The van der Waals surface area contributed by atoms with E-state index in [4.69, 9.17) is 16.9 Å². The summed E-state index contributed by atoms with van der Waals surface area (Å²) in [4.78, 5) is 11.3. The molecule has 4 heteroatoms. The van der Waals surface area contributed by atoms with Gasteiger partial charge in [-0.05, 0) is 13.8 Å². The van der Waals surface area contributed by atoms with Gasteiger partial charge in [0.1, 0.15) is 0 Å². The largest absolute Gasteiger partial charge is 0.377 e. The summed E-state index contributed by atoms with van der Waals surface area (Å²) >= 11 is 0. The van der Waals surface area contributed by atoms with Crippen LogP contribution in [0, 0.1) is 12.3 Å². The predicted octanol–water partition coefficient (Wildman–Crippen LogP) is -0.122. The van der Waals surface area contributed by atoms with Crippen LogP contribution < -0.4 is 11.1 Å². The van der Waals surface area contributed by atoms with Gasteiger partial charge in [0.2, 0.25) is 5.91 Å². The molecule has 0 fully saturated rings. The molecule has 1 amide bonds. The van der Waals surface area contributed by atoms with Gasteiger partial charge in [0.15, 0.2) is 0 Å². The first-order valence-electron chi connectivity index (χ1n) is 4.70. The molecule has 0 rings (SSSR count). The van der Waals surface area contributed by atoms with Crippen molar-refractivity contribution in [2.24, 2.45) is 5.73 Å². The fourth-order valence-electron chi connectivity index (χ4n) is 0.939. The maximum absolute atomic E-state index is 11.3. The van der Waals surface area contributed by atoms with Crippen LogP contribution in [0.15, 0.2) is 0 Å². The quantitative estimate of drug-likeness (QED) is 0.585. The minimum absolute atomic E-state index is 0.00184. The molecule has 0 heterocycles. The highest BCUT2D eigenvalue weighted by Gasteiger charge is 2.12. The second kappa shape index (κ2) is 7.36. The molecule has 0 spiro atoms. The van der Waals surface area contributed by atoms with Crippen molar-refractivity contribution in [3.05, 3.63) is 0 Å². The first kappa shape index (κ1) is 12.9. The van der Waals surface area contributed by atoms with Crippen molar-refractivity contribution in [1.82, 2.24) is 5.32 Å². The number of rotatable bonds is 6. The van der Waals surface area contributed by atoms with Crippen molar-refractivity contribution >= 4 is 5.91 Å². The van der Waals surface area contributed by atoms with Crippen LogP contribution in [0.5, 0.6) is 0 Å². The maximum atomic E-state index is 11.3. The summed E-state index contributed by atoms with van der Waals surface area (Å²) in [6, 6.07) is -0.617. The van der Waals surface area contributed by atoms with Gasteiger partial charge < -0.3 is 15.8 Å². The molecule has 0 aromatic rings. The van der Waals surface area contributed by atoms with E-state index in [1.54, 1.807) is 0 Å². The molecule has 14 heavy (non-hydrogen) atoms. The molecule has 0 aromatic carbocycles. The average Bonchev–Trinajstić information content (AvgIpc) is 2.15. The van der Waals surface area contributed by atoms with Gasteiger partial charge in [0, 0.05) is 19.6 Å². The van der Waals surface area contributed by atoms with E-state index in [0.29, 0.717) is 13.2 Å². The molecule has 0 aromatic heterocycles. The molecule has 0 saturated heterocycles. The molecular weight excluding hydrogens is 180 g/mol. The number of amides is 1. The van der Waals surface area contributed by atoms with E-state index in [1.165, 1.54) is 0 Å². The first-order chi connectivity index (χ1) is 6.61. The molecule has 2 atom stereocenters. The van der Waals surface area contributed by atoms with Gasteiger partial charge in [-0.15, -0.1) is 12.3 Å². The SMILES string of the molecule is C#CCC(N)C(=O)NCC(C)OCC. The Labute approximate surface area is 85.2 Å². The Morgan fingerprint density at radius 1 is 1.71 bits per heavy atom. The second-order valence-corrected chi connectivity index (χ2v) is 3.03. The Kier molecular flexibility index (Phi) is 6.81. The molecule has 0 bridgehead atoms. The third-order valence-electron chi connectivity index (χ3n) is 1.69. The number of nitrogens with two attached hydrogens (primary N) is 1. The Hall–Kier alpha value is -1.05. The summed E-state index contributed by atoms with van der Waals surface area (Å²) in [6.45, 7) is 4.89. The number of hydrogen-bond acceptors (Lipinski definition) is 3. The van der Waals surface area contributed by atoms with E-state index in [0.717, 1.165) is 0 Å². The summed E-state index contributed by atoms with van der Waals surface area (Å²) in [5, 5.41) is 2.67. The second-order valence-electron chi connectivity index (χ2n) is 3.03. The molecule has 3 N–H and O–H groups in total. The Balaban J connectivity index is 3.68. The standard InChI is InChI=1S/C10H18N2O2/c1-4-6-9(11)10(13)12-7-8(3)14-5-2/h1,8-9H,5-7,11H2,2-3H3,(H,12,13). The first-order valence-corrected chi connectivity index (χ1v) is 4.70. The third-order valence-corrected chi connectivity index (χ3v) is 1.69. The smallest absolute Gasteiger partial charge is 0.237 e. The zero-order valence-electron chi connectivity index (χ0n) is 8.75. The lowest BCUT2D eigenvalue weighted by atomic mass is 10.2. The van der Waals surface area contributed by atoms with E-state index in [9.17, 15) is 4.79 Å². The summed E-state index contributed by atoms with van der Waals surface area (Å²) < 4.78 is 5.24. The van der Waals surface area contributed by atoms with Crippen LogP contribution >= 0.6 is 0 Å². The van der Waals surface area contributed by atoms with Crippen LogP contribution in [0.3, 0.4) is 0 Å². The monoisotopic (exact) mass is 198 g/mol. The molecule has 0 aliphatic heterocycles. The highest BCUT2D eigenvalue weighted by Crippen LogP contribution is 1.90. The van der Waals surface area contributed by atoms with Gasteiger partial charge in [0.25, 0.3) is 0 Å². The molecule has 0 saturated carbocycles. The lowest BCUT2D eigenvalue weighted by Gasteiger charge is -2.14. The van der Waals surface area contributed by atoms with Crippen LogP contribution in [-0.2, 0) is 9.53 Å². The van der Waals surface area contributed by atoms with E-state index in [2.05, 4.69) is 11.2 Å². The number of nitrogens with one attached hydrogen (secondary N) is 1. The zero-order valence-corrected chi connectivity index (χ0v) is 8.75. The van der Waals surface area contributed by atoms with Crippen LogP contribution in [0.1, 0.15) is 20.3 Å². The van der Waals surface area contributed by atoms with Gasteiger partial charge in [-0.3, -0.25) is 4.79 Å². The van der Waals surface area contributed by atoms with E-state index < -0.39 is 6.04 Å². The molecule has 0 aliphatic carbocycles.